The van der Waals surface area contributed by atoms with E-state index < -0.39 is 0 Å². The summed E-state index contributed by atoms with van der Waals surface area (Å²) in [5.74, 6) is 1.08. The molecule has 0 aliphatic carbocycles. The molecule has 3 rings (SSSR count). The van der Waals surface area contributed by atoms with E-state index in [-0.39, 0.29) is 19.2 Å². The number of esters is 1. The lowest BCUT2D eigenvalue weighted by molar-refractivity contribution is 0.0450. The Morgan fingerprint density at radius 1 is 0.963 bits per heavy atom. The SMILES string of the molecule is COc1ccc(OCCOC(=O)c2ccc(-n3nc(C)cc3C)cc2)cc1. The maximum Gasteiger partial charge on any atom is 0.338 e. The van der Waals surface area contributed by atoms with Crippen LogP contribution < -0.4 is 9.47 Å². The number of carbonyl (C=O) groups is 1. The van der Waals surface area contributed by atoms with E-state index in [2.05, 4.69) is 5.10 Å². The van der Waals surface area contributed by atoms with Crippen molar-refractivity contribution in [2.24, 2.45) is 0 Å². The van der Waals surface area contributed by atoms with Gasteiger partial charge in [-0.2, -0.15) is 5.10 Å². The molecule has 6 heteroatoms. The number of ether oxygens (including phenoxy) is 3. The number of aryl methyl sites for hydroxylation is 2. The van der Waals surface area contributed by atoms with Gasteiger partial charge >= 0.3 is 5.97 Å². The number of aromatic nitrogens is 2. The van der Waals surface area contributed by atoms with Crippen LogP contribution in [0.25, 0.3) is 5.69 Å². The molecule has 0 saturated carbocycles. The Morgan fingerprint density at radius 2 is 1.63 bits per heavy atom. The summed E-state index contributed by atoms with van der Waals surface area (Å²) < 4.78 is 17.7. The molecule has 6 nitrogen and oxygen atoms in total. The Kier molecular flexibility index (Phi) is 5.76. The number of hydrogen-bond acceptors (Lipinski definition) is 5. The third-order valence-electron chi connectivity index (χ3n) is 4.00. The summed E-state index contributed by atoms with van der Waals surface area (Å²) in [5, 5.41) is 4.43. The number of rotatable bonds is 7. The van der Waals surface area contributed by atoms with Crippen molar-refractivity contribution in [2.75, 3.05) is 20.3 Å². The van der Waals surface area contributed by atoms with Gasteiger partial charge < -0.3 is 14.2 Å². The Labute approximate surface area is 158 Å². The molecule has 0 fully saturated rings. The van der Waals surface area contributed by atoms with E-state index in [1.807, 2.05) is 48.9 Å². The topological polar surface area (TPSA) is 62.6 Å². The standard InChI is InChI=1S/C21H22N2O4/c1-15-14-16(2)23(22-15)18-6-4-17(5-7-18)21(24)27-13-12-26-20-10-8-19(25-3)9-11-20/h4-11,14H,12-13H2,1-3H3. The molecule has 0 atom stereocenters. The monoisotopic (exact) mass is 366 g/mol. The minimum absolute atomic E-state index is 0.171. The molecule has 0 unspecified atom stereocenters. The highest BCUT2D eigenvalue weighted by Gasteiger charge is 2.09. The molecule has 1 heterocycles. The van der Waals surface area contributed by atoms with Crippen LogP contribution in [0.2, 0.25) is 0 Å². The number of hydrogen-bond donors (Lipinski definition) is 0. The van der Waals surface area contributed by atoms with E-state index in [1.165, 1.54) is 0 Å². The minimum Gasteiger partial charge on any atom is -0.497 e. The van der Waals surface area contributed by atoms with E-state index in [9.17, 15) is 4.79 Å². The largest absolute Gasteiger partial charge is 0.497 e. The fourth-order valence-electron chi connectivity index (χ4n) is 2.68. The van der Waals surface area contributed by atoms with Gasteiger partial charge in [0.2, 0.25) is 0 Å². The molecule has 1 aromatic heterocycles. The van der Waals surface area contributed by atoms with Gasteiger partial charge in [0.25, 0.3) is 0 Å². The molecule has 3 aromatic rings. The molecule has 0 aliphatic heterocycles. The van der Waals surface area contributed by atoms with Gasteiger partial charge in [-0.25, -0.2) is 9.48 Å². The third kappa shape index (κ3) is 4.67. The first-order valence-electron chi connectivity index (χ1n) is 8.64. The summed E-state index contributed by atoms with van der Waals surface area (Å²) in [6.45, 7) is 4.39. The summed E-state index contributed by atoms with van der Waals surface area (Å²) in [5.41, 5.74) is 3.39. The molecule has 0 bridgehead atoms. The second kappa shape index (κ2) is 8.40. The first-order chi connectivity index (χ1) is 13.1. The van der Waals surface area contributed by atoms with E-state index in [4.69, 9.17) is 14.2 Å². The summed E-state index contributed by atoms with van der Waals surface area (Å²) in [6.07, 6.45) is 0. The molecule has 0 amide bonds. The average Bonchev–Trinajstić information content (AvgIpc) is 3.03. The van der Waals surface area contributed by atoms with Crippen molar-refractivity contribution in [3.63, 3.8) is 0 Å². The van der Waals surface area contributed by atoms with Crippen LogP contribution >= 0.6 is 0 Å². The van der Waals surface area contributed by atoms with Crippen LogP contribution in [0.5, 0.6) is 11.5 Å². The van der Waals surface area contributed by atoms with Crippen molar-refractivity contribution in [3.05, 3.63) is 71.5 Å². The number of methoxy groups -OCH3 is 1. The van der Waals surface area contributed by atoms with Crippen LogP contribution in [0.3, 0.4) is 0 Å². The smallest absolute Gasteiger partial charge is 0.338 e. The summed E-state index contributed by atoms with van der Waals surface area (Å²) in [6, 6.07) is 16.4. The molecule has 0 radical (unpaired) electrons. The van der Waals surface area contributed by atoms with Gasteiger partial charge in [0.1, 0.15) is 24.7 Å². The first-order valence-corrected chi connectivity index (χ1v) is 8.64. The van der Waals surface area contributed by atoms with Crippen LogP contribution in [0.4, 0.5) is 0 Å². The number of carbonyl (C=O) groups excluding carboxylic acids is 1. The van der Waals surface area contributed by atoms with E-state index in [0.29, 0.717) is 11.3 Å². The van der Waals surface area contributed by atoms with Crippen molar-refractivity contribution in [2.45, 2.75) is 13.8 Å². The Hall–Kier alpha value is -3.28. The van der Waals surface area contributed by atoms with Crippen LogP contribution in [-0.2, 0) is 4.74 Å². The van der Waals surface area contributed by atoms with Gasteiger partial charge in [0.15, 0.2) is 0 Å². The molecule has 0 spiro atoms. The van der Waals surface area contributed by atoms with Gasteiger partial charge in [0, 0.05) is 5.69 Å². The van der Waals surface area contributed by atoms with Crippen LogP contribution in [0, 0.1) is 13.8 Å². The van der Waals surface area contributed by atoms with Gasteiger partial charge in [-0.05, 0) is 68.4 Å². The molecular formula is C21H22N2O4. The van der Waals surface area contributed by atoms with Crippen LogP contribution in [0.15, 0.2) is 54.6 Å². The number of nitrogens with zero attached hydrogens (tertiary/aromatic N) is 2. The highest BCUT2D eigenvalue weighted by Crippen LogP contribution is 2.17. The lowest BCUT2D eigenvalue weighted by Gasteiger charge is -2.09. The normalized spacial score (nSPS) is 10.5. The molecule has 2 aromatic carbocycles. The predicted octanol–water partition coefficient (Wildman–Crippen LogP) is 3.73. The van der Waals surface area contributed by atoms with Crippen molar-refractivity contribution in [3.8, 4) is 17.2 Å². The molecule has 0 N–H and O–H groups in total. The molecule has 140 valence electrons. The fraction of sp³-hybridized carbons (Fsp3) is 0.238. The van der Waals surface area contributed by atoms with Crippen molar-refractivity contribution >= 4 is 5.97 Å². The van der Waals surface area contributed by atoms with E-state index in [0.717, 1.165) is 22.8 Å². The molecular weight excluding hydrogens is 344 g/mol. The van der Waals surface area contributed by atoms with Crippen LogP contribution in [0.1, 0.15) is 21.7 Å². The van der Waals surface area contributed by atoms with Gasteiger partial charge in [-0.3, -0.25) is 0 Å². The van der Waals surface area contributed by atoms with Crippen LogP contribution in [-0.4, -0.2) is 36.1 Å². The zero-order valence-corrected chi connectivity index (χ0v) is 15.6. The Balaban J connectivity index is 1.50. The fourth-order valence-corrected chi connectivity index (χ4v) is 2.68. The molecule has 0 saturated heterocycles. The maximum absolute atomic E-state index is 12.1. The van der Waals surface area contributed by atoms with Gasteiger partial charge in [-0.1, -0.05) is 0 Å². The maximum atomic E-state index is 12.1. The molecule has 0 aliphatic rings. The number of benzene rings is 2. The van der Waals surface area contributed by atoms with Crippen molar-refractivity contribution in [1.29, 1.82) is 0 Å². The highest BCUT2D eigenvalue weighted by atomic mass is 16.6. The summed E-state index contributed by atoms with van der Waals surface area (Å²) in [7, 11) is 1.61. The second-order valence-corrected chi connectivity index (χ2v) is 6.05. The zero-order chi connectivity index (χ0) is 19.2. The Morgan fingerprint density at radius 3 is 2.22 bits per heavy atom. The Bertz CT molecular complexity index is 899. The predicted molar refractivity (Wildman–Crippen MR) is 102 cm³/mol. The summed E-state index contributed by atoms with van der Waals surface area (Å²) >= 11 is 0. The van der Waals surface area contributed by atoms with Crippen molar-refractivity contribution in [1.82, 2.24) is 9.78 Å². The lowest BCUT2D eigenvalue weighted by atomic mass is 10.2. The van der Waals surface area contributed by atoms with E-state index >= 15 is 0 Å². The van der Waals surface area contributed by atoms with Crippen molar-refractivity contribution < 1.29 is 19.0 Å². The van der Waals surface area contributed by atoms with E-state index in [1.54, 1.807) is 31.4 Å². The average molecular weight is 366 g/mol. The highest BCUT2D eigenvalue weighted by molar-refractivity contribution is 5.89. The quantitative estimate of drug-likeness (QED) is 0.471. The third-order valence-corrected chi connectivity index (χ3v) is 4.00. The summed E-state index contributed by atoms with van der Waals surface area (Å²) in [4.78, 5) is 12.1. The molecule has 27 heavy (non-hydrogen) atoms. The minimum atomic E-state index is -0.381. The van der Waals surface area contributed by atoms with Gasteiger partial charge in [-0.15, -0.1) is 0 Å². The van der Waals surface area contributed by atoms with Gasteiger partial charge in [0.05, 0.1) is 24.1 Å². The zero-order valence-electron chi connectivity index (χ0n) is 15.6. The lowest BCUT2D eigenvalue weighted by Crippen LogP contribution is -2.12. The second-order valence-electron chi connectivity index (χ2n) is 6.05. The first kappa shape index (κ1) is 18.5.